The summed E-state index contributed by atoms with van der Waals surface area (Å²) in [5.41, 5.74) is 0.894. The van der Waals surface area contributed by atoms with E-state index in [1.165, 1.54) is 0 Å². The summed E-state index contributed by atoms with van der Waals surface area (Å²) >= 11 is 0. The fourth-order valence-corrected chi connectivity index (χ4v) is 1.93. The van der Waals surface area contributed by atoms with E-state index in [1.807, 2.05) is 0 Å². The molecule has 1 aliphatic rings. The highest BCUT2D eigenvalue weighted by Gasteiger charge is 2.15. The molecular formula is C13H22N2O3. The maximum absolute atomic E-state index is 5.57. The number of oxazole rings is 1. The third-order valence-electron chi connectivity index (χ3n) is 3.05. The molecule has 0 bridgehead atoms. The monoisotopic (exact) mass is 254 g/mol. The molecule has 0 unspecified atom stereocenters. The van der Waals surface area contributed by atoms with Crippen molar-refractivity contribution in [1.29, 1.82) is 0 Å². The van der Waals surface area contributed by atoms with E-state index >= 15 is 0 Å². The summed E-state index contributed by atoms with van der Waals surface area (Å²) < 4.78 is 16.2. The van der Waals surface area contributed by atoms with Crippen LogP contribution in [0, 0.1) is 5.92 Å². The Morgan fingerprint density at radius 3 is 3.06 bits per heavy atom. The summed E-state index contributed by atoms with van der Waals surface area (Å²) in [6.07, 6.45) is 5.28. The van der Waals surface area contributed by atoms with Crippen molar-refractivity contribution >= 4 is 0 Å². The number of aromatic nitrogens is 1. The molecule has 5 nitrogen and oxygen atoms in total. The average molecular weight is 254 g/mol. The van der Waals surface area contributed by atoms with Crippen molar-refractivity contribution in [3.63, 3.8) is 0 Å². The maximum Gasteiger partial charge on any atom is 0.393 e. The summed E-state index contributed by atoms with van der Waals surface area (Å²) in [5.74, 6) is 0.562. The normalized spacial score (nSPS) is 16.9. The van der Waals surface area contributed by atoms with Gasteiger partial charge in [0.2, 0.25) is 0 Å². The van der Waals surface area contributed by atoms with Crippen LogP contribution in [0.2, 0.25) is 0 Å². The Bertz CT molecular complexity index is 335. The molecule has 2 rings (SSSR count). The first-order chi connectivity index (χ1) is 8.88. The Morgan fingerprint density at radius 2 is 2.28 bits per heavy atom. The van der Waals surface area contributed by atoms with E-state index in [4.69, 9.17) is 13.9 Å². The zero-order valence-electron chi connectivity index (χ0n) is 11.0. The lowest BCUT2D eigenvalue weighted by Crippen LogP contribution is -2.21. The molecule has 0 atom stereocenters. The zero-order chi connectivity index (χ0) is 12.6. The second kappa shape index (κ2) is 7.38. The quantitative estimate of drug-likeness (QED) is 0.754. The summed E-state index contributed by atoms with van der Waals surface area (Å²) in [6.45, 7) is 6.21. The fourth-order valence-electron chi connectivity index (χ4n) is 1.93. The van der Waals surface area contributed by atoms with Crippen LogP contribution in [0.4, 0.5) is 0 Å². The van der Waals surface area contributed by atoms with Crippen molar-refractivity contribution in [1.82, 2.24) is 10.3 Å². The molecule has 2 heterocycles. The first kappa shape index (κ1) is 13.4. The lowest BCUT2D eigenvalue weighted by molar-refractivity contribution is 0.0445. The third kappa shape index (κ3) is 4.31. The molecule has 0 aliphatic carbocycles. The second-order valence-electron chi connectivity index (χ2n) is 4.65. The average Bonchev–Trinajstić information content (AvgIpc) is 2.86. The summed E-state index contributed by atoms with van der Waals surface area (Å²) in [5, 5.41) is 3.28. The van der Waals surface area contributed by atoms with Crippen molar-refractivity contribution in [3.8, 4) is 6.08 Å². The van der Waals surface area contributed by atoms with E-state index in [0.717, 1.165) is 51.3 Å². The maximum atomic E-state index is 5.57. The Kier molecular flexibility index (Phi) is 5.48. The van der Waals surface area contributed by atoms with E-state index in [2.05, 4.69) is 17.2 Å². The number of hydrogen-bond donors (Lipinski definition) is 1. The number of nitrogens with zero attached hydrogens (tertiary/aromatic N) is 1. The molecule has 0 saturated carbocycles. The highest BCUT2D eigenvalue weighted by atomic mass is 16.6. The van der Waals surface area contributed by atoms with Crippen LogP contribution in [0.25, 0.3) is 0 Å². The molecule has 1 aliphatic heterocycles. The minimum absolute atomic E-state index is 0.384. The smallest absolute Gasteiger partial charge is 0.393 e. The van der Waals surface area contributed by atoms with Crippen LogP contribution in [0.1, 0.15) is 31.9 Å². The molecular weight excluding hydrogens is 232 g/mol. The van der Waals surface area contributed by atoms with Gasteiger partial charge in [-0.15, -0.1) is 0 Å². The third-order valence-corrected chi connectivity index (χ3v) is 3.05. The topological polar surface area (TPSA) is 56.5 Å². The number of ether oxygens (including phenoxy) is 2. The van der Waals surface area contributed by atoms with Gasteiger partial charge in [0.15, 0.2) is 0 Å². The van der Waals surface area contributed by atoms with Gasteiger partial charge in [-0.05, 0) is 31.7 Å². The van der Waals surface area contributed by atoms with Crippen LogP contribution in [-0.4, -0.2) is 31.3 Å². The predicted molar refractivity (Wildman–Crippen MR) is 67.5 cm³/mol. The highest BCUT2D eigenvalue weighted by molar-refractivity contribution is 4.99. The molecule has 18 heavy (non-hydrogen) atoms. The molecule has 1 fully saturated rings. The second-order valence-corrected chi connectivity index (χ2v) is 4.65. The first-order valence-electron chi connectivity index (χ1n) is 6.74. The van der Waals surface area contributed by atoms with Crippen LogP contribution in [0.15, 0.2) is 10.7 Å². The van der Waals surface area contributed by atoms with Gasteiger partial charge in [0, 0.05) is 19.8 Å². The molecule has 0 amide bonds. The SMILES string of the molecule is CCCNCc1coc(OCC2CCOCC2)n1. The van der Waals surface area contributed by atoms with E-state index in [-0.39, 0.29) is 0 Å². The van der Waals surface area contributed by atoms with E-state index in [1.54, 1.807) is 6.26 Å². The van der Waals surface area contributed by atoms with E-state index < -0.39 is 0 Å². The number of rotatable bonds is 7. The molecule has 102 valence electrons. The fraction of sp³-hybridized carbons (Fsp3) is 0.769. The zero-order valence-corrected chi connectivity index (χ0v) is 11.0. The molecule has 0 radical (unpaired) electrons. The predicted octanol–water partition coefficient (Wildman–Crippen LogP) is 1.98. The first-order valence-corrected chi connectivity index (χ1v) is 6.74. The summed E-state index contributed by atoms with van der Waals surface area (Å²) in [7, 11) is 0. The molecule has 0 aromatic carbocycles. The van der Waals surface area contributed by atoms with E-state index in [9.17, 15) is 0 Å². The van der Waals surface area contributed by atoms with Gasteiger partial charge in [-0.2, -0.15) is 4.98 Å². The summed E-state index contributed by atoms with van der Waals surface area (Å²) in [6, 6.07) is 0. The van der Waals surface area contributed by atoms with Crippen LogP contribution in [0.5, 0.6) is 6.08 Å². The number of hydrogen-bond acceptors (Lipinski definition) is 5. The summed E-state index contributed by atoms with van der Waals surface area (Å²) in [4.78, 5) is 4.28. The van der Waals surface area contributed by atoms with Gasteiger partial charge >= 0.3 is 6.08 Å². The standard InChI is InChI=1S/C13H22N2O3/c1-2-5-14-8-12-10-18-13(15-12)17-9-11-3-6-16-7-4-11/h10-11,14H,2-9H2,1H3. The van der Waals surface area contributed by atoms with Crippen molar-refractivity contribution in [3.05, 3.63) is 12.0 Å². The molecule has 1 N–H and O–H groups in total. The van der Waals surface area contributed by atoms with Crippen molar-refractivity contribution in [2.45, 2.75) is 32.7 Å². The Morgan fingerprint density at radius 1 is 1.44 bits per heavy atom. The van der Waals surface area contributed by atoms with Gasteiger partial charge in [-0.25, -0.2) is 0 Å². The van der Waals surface area contributed by atoms with Gasteiger partial charge in [0.05, 0.1) is 12.3 Å². The Labute approximate surface area is 108 Å². The van der Waals surface area contributed by atoms with E-state index in [0.29, 0.717) is 18.6 Å². The van der Waals surface area contributed by atoms with Crippen LogP contribution in [0.3, 0.4) is 0 Å². The van der Waals surface area contributed by atoms with Gasteiger partial charge in [-0.1, -0.05) is 6.92 Å². The molecule has 1 aromatic rings. The van der Waals surface area contributed by atoms with Crippen LogP contribution < -0.4 is 10.1 Å². The van der Waals surface area contributed by atoms with Crippen molar-refractivity contribution in [2.24, 2.45) is 5.92 Å². The van der Waals surface area contributed by atoms with Gasteiger partial charge in [0.1, 0.15) is 6.26 Å². The lowest BCUT2D eigenvalue weighted by atomic mass is 10.0. The van der Waals surface area contributed by atoms with Crippen molar-refractivity contribution < 1.29 is 13.9 Å². The minimum Gasteiger partial charge on any atom is -0.450 e. The van der Waals surface area contributed by atoms with Crippen LogP contribution in [-0.2, 0) is 11.3 Å². The van der Waals surface area contributed by atoms with Crippen LogP contribution >= 0.6 is 0 Å². The Hall–Kier alpha value is -1.07. The molecule has 1 saturated heterocycles. The number of nitrogens with one attached hydrogen (secondary N) is 1. The van der Waals surface area contributed by atoms with Gasteiger partial charge < -0.3 is 19.2 Å². The highest BCUT2D eigenvalue weighted by Crippen LogP contribution is 2.17. The lowest BCUT2D eigenvalue weighted by Gasteiger charge is -2.20. The molecule has 0 spiro atoms. The van der Waals surface area contributed by atoms with Gasteiger partial charge in [-0.3, -0.25) is 0 Å². The molecule has 5 heteroatoms. The largest absolute Gasteiger partial charge is 0.450 e. The van der Waals surface area contributed by atoms with Crippen molar-refractivity contribution in [2.75, 3.05) is 26.4 Å². The molecule has 1 aromatic heterocycles. The van der Waals surface area contributed by atoms with Gasteiger partial charge in [0.25, 0.3) is 0 Å². The Balaban J connectivity index is 1.69. The minimum atomic E-state index is 0.384.